The van der Waals surface area contributed by atoms with Crippen LogP contribution in [0, 0.1) is 0 Å². The molecule has 1 unspecified atom stereocenters. The van der Waals surface area contributed by atoms with Gasteiger partial charge in [0, 0.05) is 17.8 Å². The van der Waals surface area contributed by atoms with E-state index < -0.39 is 0 Å². The monoisotopic (exact) mass is 351 g/mol. The van der Waals surface area contributed by atoms with Crippen LogP contribution in [0.5, 0.6) is 5.75 Å². The van der Waals surface area contributed by atoms with Crippen LogP contribution in [-0.2, 0) is 17.6 Å². The number of nitrogens with one attached hydrogen (secondary N) is 3. The molecule has 0 saturated heterocycles. The fourth-order valence-corrected chi connectivity index (χ4v) is 3.72. The third kappa shape index (κ3) is 3.35. The number of phenols is 1. The summed E-state index contributed by atoms with van der Waals surface area (Å²) in [6, 6.07) is 10.5. The number of phenolic OH excluding ortho intramolecular Hbond substituents is 1. The number of hydrogen-bond acceptors (Lipinski definition) is 3. The molecule has 0 aromatic heterocycles. The molecule has 1 aliphatic carbocycles. The first-order valence-electron chi connectivity index (χ1n) is 8.90. The quantitative estimate of drug-likeness (QED) is 0.668. The van der Waals surface area contributed by atoms with E-state index in [4.69, 9.17) is 0 Å². The molecule has 4 N–H and O–H groups in total. The average Bonchev–Trinajstić information content (AvgIpc) is 2.88. The molecule has 1 heterocycles. The lowest BCUT2D eigenvalue weighted by molar-refractivity contribution is -0.116. The molecule has 2 aromatic rings. The van der Waals surface area contributed by atoms with Crippen LogP contribution >= 0.6 is 0 Å². The zero-order valence-corrected chi connectivity index (χ0v) is 14.3. The van der Waals surface area contributed by atoms with Gasteiger partial charge in [-0.3, -0.25) is 4.79 Å². The molecule has 0 bridgehead atoms. The number of aryl methyl sites for hydroxylation is 2. The molecular formula is C20H21N3O3. The summed E-state index contributed by atoms with van der Waals surface area (Å²) in [7, 11) is 0. The van der Waals surface area contributed by atoms with Gasteiger partial charge in [-0.15, -0.1) is 0 Å². The number of aromatic hydroxyl groups is 1. The molecule has 6 nitrogen and oxygen atoms in total. The van der Waals surface area contributed by atoms with Crippen LogP contribution in [0.2, 0.25) is 0 Å². The third-order valence-corrected chi connectivity index (χ3v) is 5.00. The minimum Gasteiger partial charge on any atom is -0.508 e. The summed E-state index contributed by atoms with van der Waals surface area (Å²) in [5.41, 5.74) is 4.69. The third-order valence-electron chi connectivity index (χ3n) is 5.00. The van der Waals surface area contributed by atoms with Crippen molar-refractivity contribution in [1.29, 1.82) is 0 Å². The van der Waals surface area contributed by atoms with Crippen molar-refractivity contribution >= 4 is 23.3 Å². The highest BCUT2D eigenvalue weighted by Gasteiger charge is 2.24. The molecule has 134 valence electrons. The van der Waals surface area contributed by atoms with Crippen molar-refractivity contribution in [2.45, 2.75) is 38.1 Å². The summed E-state index contributed by atoms with van der Waals surface area (Å²) < 4.78 is 0. The molecule has 0 radical (unpaired) electrons. The molecule has 0 spiro atoms. The number of hydrogen-bond donors (Lipinski definition) is 4. The van der Waals surface area contributed by atoms with Crippen LogP contribution in [-0.4, -0.2) is 17.0 Å². The van der Waals surface area contributed by atoms with E-state index in [0.29, 0.717) is 12.1 Å². The van der Waals surface area contributed by atoms with Crippen molar-refractivity contribution in [3.05, 3.63) is 53.1 Å². The van der Waals surface area contributed by atoms with Gasteiger partial charge in [0.05, 0.1) is 6.04 Å². The highest BCUT2D eigenvalue weighted by molar-refractivity contribution is 5.94. The largest absolute Gasteiger partial charge is 0.508 e. The summed E-state index contributed by atoms with van der Waals surface area (Å²) in [6.45, 7) is 0. The maximum absolute atomic E-state index is 12.4. The number of carbonyl (C=O) groups excluding carboxylic acids is 2. The Bertz CT molecular complexity index is 879. The second-order valence-electron chi connectivity index (χ2n) is 6.85. The Morgan fingerprint density at radius 2 is 1.96 bits per heavy atom. The van der Waals surface area contributed by atoms with Crippen molar-refractivity contribution in [3.8, 4) is 5.75 Å². The van der Waals surface area contributed by atoms with E-state index in [1.54, 1.807) is 18.2 Å². The van der Waals surface area contributed by atoms with Crippen molar-refractivity contribution in [3.63, 3.8) is 0 Å². The second-order valence-corrected chi connectivity index (χ2v) is 6.85. The van der Waals surface area contributed by atoms with Gasteiger partial charge in [0.25, 0.3) is 0 Å². The van der Waals surface area contributed by atoms with Crippen molar-refractivity contribution in [1.82, 2.24) is 5.32 Å². The van der Waals surface area contributed by atoms with Gasteiger partial charge in [-0.1, -0.05) is 6.07 Å². The van der Waals surface area contributed by atoms with E-state index >= 15 is 0 Å². The SMILES string of the molecule is O=C1CCCc2cc(NC(=O)NC3CCc4ccc(O)cc43)ccc2N1. The first kappa shape index (κ1) is 16.4. The molecule has 3 amide bonds. The molecule has 6 heteroatoms. The van der Waals surface area contributed by atoms with E-state index in [1.165, 1.54) is 0 Å². The maximum atomic E-state index is 12.4. The Morgan fingerprint density at radius 1 is 1.08 bits per heavy atom. The smallest absolute Gasteiger partial charge is 0.319 e. The lowest BCUT2D eigenvalue weighted by Gasteiger charge is -2.16. The van der Waals surface area contributed by atoms with E-state index in [0.717, 1.165) is 48.1 Å². The van der Waals surface area contributed by atoms with Crippen LogP contribution in [0.3, 0.4) is 0 Å². The highest BCUT2D eigenvalue weighted by Crippen LogP contribution is 2.33. The normalized spacial score (nSPS) is 18.3. The second kappa shape index (κ2) is 6.71. The fraction of sp³-hybridized carbons (Fsp3) is 0.300. The summed E-state index contributed by atoms with van der Waals surface area (Å²) in [4.78, 5) is 24.0. The molecule has 0 saturated carbocycles. The molecule has 0 fully saturated rings. The van der Waals surface area contributed by atoms with E-state index in [9.17, 15) is 14.7 Å². The van der Waals surface area contributed by atoms with Crippen molar-refractivity contribution in [2.75, 3.05) is 10.6 Å². The summed E-state index contributed by atoms with van der Waals surface area (Å²) in [6.07, 6.45) is 3.84. The standard InChI is InChI=1S/C20H21N3O3/c24-15-7-4-12-5-8-18(16(12)11-15)23-20(26)21-14-6-9-17-13(10-14)2-1-3-19(25)22-17/h4,6-7,9-11,18,24H,1-3,5,8H2,(H,22,25)(H2,21,23,26). The minimum absolute atomic E-state index is 0.0327. The Balaban J connectivity index is 1.44. The Kier molecular flexibility index (Phi) is 4.24. The highest BCUT2D eigenvalue weighted by atomic mass is 16.3. The lowest BCUT2D eigenvalue weighted by Crippen LogP contribution is -2.31. The van der Waals surface area contributed by atoms with Crippen molar-refractivity contribution < 1.29 is 14.7 Å². The summed E-state index contributed by atoms with van der Waals surface area (Å²) in [5.74, 6) is 0.246. The topological polar surface area (TPSA) is 90.5 Å². The lowest BCUT2D eigenvalue weighted by atomic mass is 10.1. The number of amides is 3. The van der Waals surface area contributed by atoms with Crippen LogP contribution in [0.1, 0.15) is 42.0 Å². The van der Waals surface area contributed by atoms with Crippen LogP contribution in [0.15, 0.2) is 36.4 Å². The Labute approximate surface area is 151 Å². The van der Waals surface area contributed by atoms with Gasteiger partial charge < -0.3 is 21.1 Å². The molecule has 26 heavy (non-hydrogen) atoms. The molecule has 2 aromatic carbocycles. The number of benzene rings is 2. The Morgan fingerprint density at radius 3 is 2.85 bits per heavy atom. The number of urea groups is 1. The van der Waals surface area contributed by atoms with Crippen LogP contribution in [0.4, 0.5) is 16.2 Å². The predicted octanol–water partition coefficient (Wildman–Crippen LogP) is 3.48. The minimum atomic E-state index is -0.274. The number of carbonyl (C=O) groups is 2. The van der Waals surface area contributed by atoms with E-state index in [1.807, 2.05) is 18.2 Å². The van der Waals surface area contributed by atoms with Gasteiger partial charge in [0.2, 0.25) is 5.91 Å². The van der Waals surface area contributed by atoms with Gasteiger partial charge in [-0.2, -0.15) is 0 Å². The van der Waals surface area contributed by atoms with Crippen LogP contribution < -0.4 is 16.0 Å². The Hall–Kier alpha value is -3.02. The number of anilines is 2. The number of fused-ring (bicyclic) bond motifs is 2. The maximum Gasteiger partial charge on any atom is 0.319 e. The van der Waals surface area contributed by atoms with Gasteiger partial charge in [0.15, 0.2) is 0 Å². The fourth-order valence-electron chi connectivity index (χ4n) is 3.72. The zero-order valence-electron chi connectivity index (χ0n) is 14.3. The van der Waals surface area contributed by atoms with Gasteiger partial charge >= 0.3 is 6.03 Å². The zero-order chi connectivity index (χ0) is 18.1. The first-order valence-corrected chi connectivity index (χ1v) is 8.90. The van der Waals surface area contributed by atoms with Crippen LogP contribution in [0.25, 0.3) is 0 Å². The molecule has 2 aliphatic rings. The number of rotatable bonds is 2. The molecule has 1 atom stereocenters. The molecule has 4 rings (SSSR count). The summed E-state index contributed by atoms with van der Waals surface area (Å²) in [5, 5.41) is 18.4. The van der Waals surface area contributed by atoms with Gasteiger partial charge in [-0.25, -0.2) is 4.79 Å². The first-order chi connectivity index (χ1) is 12.6. The van der Waals surface area contributed by atoms with E-state index in [-0.39, 0.29) is 23.7 Å². The van der Waals surface area contributed by atoms with E-state index in [2.05, 4.69) is 16.0 Å². The molecular weight excluding hydrogens is 330 g/mol. The van der Waals surface area contributed by atoms with Gasteiger partial charge in [0.1, 0.15) is 5.75 Å². The molecule has 1 aliphatic heterocycles. The van der Waals surface area contributed by atoms with Gasteiger partial charge in [-0.05, 0) is 72.7 Å². The predicted molar refractivity (Wildman–Crippen MR) is 99.3 cm³/mol. The van der Waals surface area contributed by atoms with Crippen molar-refractivity contribution in [2.24, 2.45) is 0 Å². The summed E-state index contributed by atoms with van der Waals surface area (Å²) >= 11 is 0. The average molecular weight is 351 g/mol.